The normalized spacial score (nSPS) is 9.88. The number of alkyl halides is 1. The fourth-order valence-electron chi connectivity index (χ4n) is 1.24. The van der Waals surface area contributed by atoms with E-state index >= 15 is 0 Å². The van der Waals surface area contributed by atoms with Crippen molar-refractivity contribution in [1.29, 1.82) is 0 Å². The van der Waals surface area contributed by atoms with Crippen molar-refractivity contribution < 1.29 is 14.3 Å². The maximum absolute atomic E-state index is 11.4. The Balaban J connectivity index is 2.49. The predicted octanol–water partition coefficient (Wildman–Crippen LogP) is 3.01. The summed E-state index contributed by atoms with van der Waals surface area (Å²) in [5.74, 6) is 1.34. The first-order valence-corrected chi connectivity index (χ1v) is 5.71. The lowest BCUT2D eigenvalue weighted by molar-refractivity contribution is -0.134. The number of hydrogen-bond donors (Lipinski definition) is 0. The third-order valence-electron chi connectivity index (χ3n) is 2.06. The lowest BCUT2D eigenvalue weighted by Crippen LogP contribution is -2.08. The summed E-state index contributed by atoms with van der Waals surface area (Å²) in [6.45, 7) is 0. The summed E-state index contributed by atoms with van der Waals surface area (Å²) in [7, 11) is 1.54. The van der Waals surface area contributed by atoms with Crippen molar-refractivity contribution in [3.8, 4) is 11.5 Å². The molecule has 0 unspecified atom stereocenters. The second-order valence-corrected chi connectivity index (χ2v) is 3.65. The molecule has 0 N–H and O–H groups in total. The molecular weight excluding hydrogens is 228 g/mol. The number of carbonyl (C=O) groups excluding carboxylic acids is 1. The minimum absolute atomic E-state index is 0.255. The maximum Gasteiger partial charge on any atom is 0.311 e. The van der Waals surface area contributed by atoms with Gasteiger partial charge < -0.3 is 9.47 Å². The van der Waals surface area contributed by atoms with Crippen LogP contribution in [0.1, 0.15) is 19.3 Å². The number of carbonyl (C=O) groups is 1. The molecule has 4 heteroatoms. The number of benzene rings is 1. The maximum atomic E-state index is 11.4. The number of para-hydroxylation sites is 2. The third kappa shape index (κ3) is 4.11. The van der Waals surface area contributed by atoms with Crippen LogP contribution in [0.3, 0.4) is 0 Å². The van der Waals surface area contributed by atoms with Gasteiger partial charge in [0, 0.05) is 12.3 Å². The van der Waals surface area contributed by atoms with Crippen LogP contribution in [-0.2, 0) is 4.79 Å². The number of halogens is 1. The minimum atomic E-state index is -0.255. The van der Waals surface area contributed by atoms with Crippen LogP contribution in [0, 0.1) is 0 Å². The Kier molecular flexibility index (Phi) is 5.72. The first-order valence-electron chi connectivity index (χ1n) is 5.17. The van der Waals surface area contributed by atoms with Gasteiger partial charge in [-0.05, 0) is 25.0 Å². The van der Waals surface area contributed by atoms with Gasteiger partial charge in [-0.3, -0.25) is 4.79 Å². The monoisotopic (exact) mass is 242 g/mol. The van der Waals surface area contributed by atoms with E-state index in [1.165, 1.54) is 0 Å². The van der Waals surface area contributed by atoms with Crippen LogP contribution < -0.4 is 9.47 Å². The van der Waals surface area contributed by atoms with E-state index in [4.69, 9.17) is 21.1 Å². The Morgan fingerprint density at radius 3 is 2.56 bits per heavy atom. The number of rotatable bonds is 6. The van der Waals surface area contributed by atoms with Crippen molar-refractivity contribution in [2.24, 2.45) is 0 Å². The number of hydrogen-bond acceptors (Lipinski definition) is 3. The molecule has 0 saturated heterocycles. The van der Waals surface area contributed by atoms with Gasteiger partial charge in [-0.15, -0.1) is 11.6 Å². The number of ether oxygens (including phenoxy) is 2. The minimum Gasteiger partial charge on any atom is -0.493 e. The molecular formula is C12H15ClO3. The van der Waals surface area contributed by atoms with Crippen molar-refractivity contribution in [2.45, 2.75) is 19.3 Å². The molecule has 1 aromatic carbocycles. The first kappa shape index (κ1) is 12.8. The predicted molar refractivity (Wildman–Crippen MR) is 63.2 cm³/mol. The molecule has 0 spiro atoms. The summed E-state index contributed by atoms with van der Waals surface area (Å²) < 4.78 is 10.2. The van der Waals surface area contributed by atoms with E-state index in [-0.39, 0.29) is 5.97 Å². The number of methoxy groups -OCH3 is 1. The van der Waals surface area contributed by atoms with Gasteiger partial charge in [0.1, 0.15) is 0 Å². The van der Waals surface area contributed by atoms with Crippen molar-refractivity contribution >= 4 is 17.6 Å². The fourth-order valence-corrected chi connectivity index (χ4v) is 1.43. The molecule has 0 heterocycles. The molecule has 0 atom stereocenters. The van der Waals surface area contributed by atoms with Gasteiger partial charge in [0.25, 0.3) is 0 Å². The Bertz CT molecular complexity index is 339. The van der Waals surface area contributed by atoms with Gasteiger partial charge in [0.2, 0.25) is 0 Å². The van der Waals surface area contributed by atoms with Crippen molar-refractivity contribution in [3.05, 3.63) is 24.3 Å². The molecule has 3 nitrogen and oxygen atoms in total. The molecule has 0 aliphatic carbocycles. The molecule has 0 radical (unpaired) electrons. The quantitative estimate of drug-likeness (QED) is 0.333. The Morgan fingerprint density at radius 2 is 1.94 bits per heavy atom. The average Bonchev–Trinajstić information content (AvgIpc) is 2.30. The second kappa shape index (κ2) is 7.12. The van der Waals surface area contributed by atoms with Crippen LogP contribution in [0.2, 0.25) is 0 Å². The molecule has 0 amide bonds. The molecule has 0 aromatic heterocycles. The van der Waals surface area contributed by atoms with E-state index in [9.17, 15) is 4.79 Å². The van der Waals surface area contributed by atoms with E-state index < -0.39 is 0 Å². The van der Waals surface area contributed by atoms with E-state index in [1.807, 2.05) is 6.07 Å². The van der Waals surface area contributed by atoms with Gasteiger partial charge in [-0.2, -0.15) is 0 Å². The first-order chi connectivity index (χ1) is 7.77. The molecule has 16 heavy (non-hydrogen) atoms. The highest BCUT2D eigenvalue weighted by Crippen LogP contribution is 2.26. The zero-order valence-electron chi connectivity index (χ0n) is 9.24. The summed E-state index contributed by atoms with van der Waals surface area (Å²) in [6.07, 6.45) is 1.95. The summed E-state index contributed by atoms with van der Waals surface area (Å²) in [6, 6.07) is 7.08. The Morgan fingerprint density at radius 1 is 1.25 bits per heavy atom. The smallest absolute Gasteiger partial charge is 0.311 e. The zero-order valence-corrected chi connectivity index (χ0v) is 10.00. The largest absolute Gasteiger partial charge is 0.493 e. The summed E-state index contributed by atoms with van der Waals surface area (Å²) >= 11 is 5.52. The molecule has 0 aliphatic rings. The number of unbranched alkanes of at least 4 members (excludes halogenated alkanes) is 1. The van der Waals surface area contributed by atoms with Gasteiger partial charge in [-0.25, -0.2) is 0 Å². The molecule has 1 aromatic rings. The second-order valence-electron chi connectivity index (χ2n) is 3.27. The van der Waals surface area contributed by atoms with Crippen molar-refractivity contribution in [2.75, 3.05) is 13.0 Å². The average molecular weight is 243 g/mol. The van der Waals surface area contributed by atoms with Crippen LogP contribution in [0.15, 0.2) is 24.3 Å². The SMILES string of the molecule is COc1ccccc1OC(=O)CCCCCl. The van der Waals surface area contributed by atoms with Gasteiger partial charge in [-0.1, -0.05) is 12.1 Å². The molecule has 0 bridgehead atoms. The van der Waals surface area contributed by atoms with E-state index in [2.05, 4.69) is 0 Å². The standard InChI is InChI=1S/C12H15ClO3/c1-15-10-6-2-3-7-11(10)16-12(14)8-4-5-9-13/h2-3,6-7H,4-5,8-9H2,1H3. The highest BCUT2D eigenvalue weighted by atomic mass is 35.5. The topological polar surface area (TPSA) is 35.5 Å². The van der Waals surface area contributed by atoms with Gasteiger partial charge in [0.05, 0.1) is 7.11 Å². The van der Waals surface area contributed by atoms with Crippen LogP contribution in [0.5, 0.6) is 11.5 Å². The molecule has 0 saturated carbocycles. The molecule has 1 rings (SSSR count). The van der Waals surface area contributed by atoms with E-state index in [0.717, 1.165) is 12.8 Å². The third-order valence-corrected chi connectivity index (χ3v) is 2.32. The van der Waals surface area contributed by atoms with Crippen LogP contribution in [0.4, 0.5) is 0 Å². The summed E-state index contributed by atoms with van der Waals surface area (Å²) in [5.41, 5.74) is 0. The molecule has 0 aliphatic heterocycles. The lowest BCUT2D eigenvalue weighted by atomic mass is 10.2. The van der Waals surface area contributed by atoms with Crippen LogP contribution in [0.25, 0.3) is 0 Å². The lowest BCUT2D eigenvalue weighted by Gasteiger charge is -2.08. The molecule has 88 valence electrons. The fraction of sp³-hybridized carbons (Fsp3) is 0.417. The molecule has 0 fully saturated rings. The van der Waals surface area contributed by atoms with Gasteiger partial charge >= 0.3 is 5.97 Å². The Hall–Kier alpha value is -1.22. The number of esters is 1. The zero-order chi connectivity index (χ0) is 11.8. The van der Waals surface area contributed by atoms with Crippen molar-refractivity contribution in [1.82, 2.24) is 0 Å². The highest BCUT2D eigenvalue weighted by molar-refractivity contribution is 6.17. The Labute approximate surface area is 100 Å². The summed E-state index contributed by atoms with van der Waals surface area (Å²) in [5, 5.41) is 0. The highest BCUT2D eigenvalue weighted by Gasteiger charge is 2.08. The van der Waals surface area contributed by atoms with E-state index in [1.54, 1.807) is 25.3 Å². The van der Waals surface area contributed by atoms with E-state index in [0.29, 0.717) is 23.8 Å². The van der Waals surface area contributed by atoms with Crippen LogP contribution >= 0.6 is 11.6 Å². The van der Waals surface area contributed by atoms with Crippen LogP contribution in [-0.4, -0.2) is 19.0 Å². The summed E-state index contributed by atoms with van der Waals surface area (Å²) in [4.78, 5) is 11.4. The van der Waals surface area contributed by atoms with Gasteiger partial charge in [0.15, 0.2) is 11.5 Å². The van der Waals surface area contributed by atoms with Crippen molar-refractivity contribution in [3.63, 3.8) is 0 Å².